The summed E-state index contributed by atoms with van der Waals surface area (Å²) in [6.07, 6.45) is 3.55. The molecule has 1 aliphatic heterocycles. The van der Waals surface area contributed by atoms with Crippen LogP contribution in [0.1, 0.15) is 33.5 Å². The molecule has 3 rings (SSSR count). The van der Waals surface area contributed by atoms with Gasteiger partial charge in [-0.05, 0) is 36.8 Å². The minimum Gasteiger partial charge on any atom is -0.378 e. The Hall–Kier alpha value is -0.870. The Bertz CT molecular complexity index is 449. The third-order valence-corrected chi connectivity index (χ3v) is 5.06. The maximum Gasteiger partial charge on any atom is 0.264 e. The van der Waals surface area contributed by atoms with Crippen LogP contribution in [0.2, 0.25) is 0 Å². The SMILES string of the molecule is C[C@H]1CCc2sc(C(=O)N3CCOCC3)cc2C1. The number of thiophene rings is 1. The monoisotopic (exact) mass is 265 g/mol. The highest BCUT2D eigenvalue weighted by atomic mass is 32.1. The number of carbonyl (C=O) groups excluding carboxylic acids is 1. The lowest BCUT2D eigenvalue weighted by Crippen LogP contribution is -2.40. The first kappa shape index (κ1) is 12.2. The third-order valence-electron chi connectivity index (χ3n) is 3.84. The van der Waals surface area contributed by atoms with Gasteiger partial charge in [0.05, 0.1) is 18.1 Å². The predicted octanol–water partition coefficient (Wildman–Crippen LogP) is 2.35. The first-order chi connectivity index (χ1) is 8.74. The molecule has 98 valence electrons. The van der Waals surface area contributed by atoms with Crippen LogP contribution in [-0.2, 0) is 17.6 Å². The molecule has 0 spiro atoms. The molecule has 18 heavy (non-hydrogen) atoms. The van der Waals surface area contributed by atoms with Gasteiger partial charge in [0.1, 0.15) is 0 Å². The lowest BCUT2D eigenvalue weighted by Gasteiger charge is -2.26. The molecule has 3 nitrogen and oxygen atoms in total. The van der Waals surface area contributed by atoms with Gasteiger partial charge in [-0.2, -0.15) is 0 Å². The summed E-state index contributed by atoms with van der Waals surface area (Å²) in [6, 6.07) is 2.13. The van der Waals surface area contributed by atoms with E-state index in [0.717, 1.165) is 36.7 Å². The molecule has 1 aromatic heterocycles. The van der Waals surface area contributed by atoms with Crippen molar-refractivity contribution in [1.82, 2.24) is 4.90 Å². The molecule has 0 radical (unpaired) electrons. The fraction of sp³-hybridized carbons (Fsp3) is 0.643. The van der Waals surface area contributed by atoms with Crippen molar-refractivity contribution < 1.29 is 9.53 Å². The van der Waals surface area contributed by atoms with Crippen LogP contribution in [-0.4, -0.2) is 37.1 Å². The Morgan fingerprint density at radius 3 is 3.00 bits per heavy atom. The number of hydrogen-bond acceptors (Lipinski definition) is 3. The number of fused-ring (bicyclic) bond motifs is 1. The fourth-order valence-corrected chi connectivity index (χ4v) is 3.91. The zero-order valence-electron chi connectivity index (χ0n) is 10.8. The molecule has 1 aromatic rings. The van der Waals surface area contributed by atoms with E-state index in [1.54, 1.807) is 11.3 Å². The number of aryl methyl sites for hydroxylation is 1. The van der Waals surface area contributed by atoms with E-state index in [9.17, 15) is 4.79 Å². The summed E-state index contributed by atoms with van der Waals surface area (Å²) in [6.45, 7) is 5.11. The molecule has 0 bridgehead atoms. The highest BCUT2D eigenvalue weighted by Gasteiger charge is 2.24. The molecule has 2 aliphatic rings. The molecule has 2 heterocycles. The third kappa shape index (κ3) is 2.31. The highest BCUT2D eigenvalue weighted by molar-refractivity contribution is 7.14. The Morgan fingerprint density at radius 2 is 2.22 bits per heavy atom. The Balaban J connectivity index is 1.78. The molecule has 0 saturated carbocycles. The minimum absolute atomic E-state index is 0.199. The molecule has 0 N–H and O–H groups in total. The van der Waals surface area contributed by atoms with Gasteiger partial charge in [0.15, 0.2) is 0 Å². The highest BCUT2D eigenvalue weighted by Crippen LogP contribution is 2.32. The number of ether oxygens (including phenoxy) is 1. The Morgan fingerprint density at radius 1 is 1.44 bits per heavy atom. The largest absolute Gasteiger partial charge is 0.378 e. The van der Waals surface area contributed by atoms with E-state index in [-0.39, 0.29) is 5.91 Å². The summed E-state index contributed by atoms with van der Waals surface area (Å²) in [7, 11) is 0. The Labute approximate surface area is 112 Å². The van der Waals surface area contributed by atoms with Crippen molar-refractivity contribution in [2.75, 3.05) is 26.3 Å². The van der Waals surface area contributed by atoms with Crippen molar-refractivity contribution in [3.8, 4) is 0 Å². The van der Waals surface area contributed by atoms with E-state index in [1.807, 2.05) is 4.90 Å². The van der Waals surface area contributed by atoms with E-state index in [4.69, 9.17) is 4.74 Å². The average molecular weight is 265 g/mol. The van der Waals surface area contributed by atoms with E-state index in [0.29, 0.717) is 13.2 Å². The first-order valence-corrected chi connectivity index (χ1v) is 7.54. The number of nitrogens with zero attached hydrogens (tertiary/aromatic N) is 1. The Kier molecular flexibility index (Phi) is 3.39. The summed E-state index contributed by atoms with van der Waals surface area (Å²) in [4.78, 5) is 16.7. The normalized spacial score (nSPS) is 23.8. The second-order valence-corrected chi connectivity index (χ2v) is 6.45. The zero-order valence-corrected chi connectivity index (χ0v) is 11.6. The minimum atomic E-state index is 0.199. The van der Waals surface area contributed by atoms with Gasteiger partial charge in [-0.15, -0.1) is 11.3 Å². The second kappa shape index (κ2) is 5.02. The van der Waals surface area contributed by atoms with Crippen LogP contribution in [0.4, 0.5) is 0 Å². The van der Waals surface area contributed by atoms with Crippen LogP contribution in [0, 0.1) is 5.92 Å². The van der Waals surface area contributed by atoms with Gasteiger partial charge in [0.25, 0.3) is 5.91 Å². The van der Waals surface area contributed by atoms with Crippen LogP contribution in [0.3, 0.4) is 0 Å². The molecule has 4 heteroatoms. The molecule has 1 fully saturated rings. The molecule has 1 atom stereocenters. The van der Waals surface area contributed by atoms with E-state index >= 15 is 0 Å². The van der Waals surface area contributed by atoms with Crippen LogP contribution in [0.25, 0.3) is 0 Å². The van der Waals surface area contributed by atoms with Gasteiger partial charge >= 0.3 is 0 Å². The van der Waals surface area contributed by atoms with Crippen LogP contribution in [0.5, 0.6) is 0 Å². The van der Waals surface area contributed by atoms with E-state index in [1.165, 1.54) is 16.9 Å². The van der Waals surface area contributed by atoms with Crippen molar-refractivity contribution in [2.45, 2.75) is 26.2 Å². The van der Waals surface area contributed by atoms with Gasteiger partial charge in [0, 0.05) is 18.0 Å². The maximum absolute atomic E-state index is 12.4. The zero-order chi connectivity index (χ0) is 12.5. The van der Waals surface area contributed by atoms with Crippen LogP contribution >= 0.6 is 11.3 Å². The maximum atomic E-state index is 12.4. The summed E-state index contributed by atoms with van der Waals surface area (Å²) >= 11 is 1.71. The number of amides is 1. The van der Waals surface area contributed by atoms with Gasteiger partial charge < -0.3 is 9.64 Å². The molecule has 1 amide bonds. The smallest absolute Gasteiger partial charge is 0.264 e. The first-order valence-electron chi connectivity index (χ1n) is 6.72. The molecular weight excluding hydrogens is 246 g/mol. The fourth-order valence-electron chi connectivity index (χ4n) is 2.73. The second-order valence-electron chi connectivity index (χ2n) is 5.31. The molecule has 1 aliphatic carbocycles. The molecule has 1 saturated heterocycles. The summed E-state index contributed by atoms with van der Waals surface area (Å²) in [5, 5.41) is 0. The van der Waals surface area contributed by atoms with Gasteiger partial charge in [0.2, 0.25) is 0 Å². The van der Waals surface area contributed by atoms with E-state index < -0.39 is 0 Å². The lowest BCUT2D eigenvalue weighted by molar-refractivity contribution is 0.0306. The topological polar surface area (TPSA) is 29.5 Å². The van der Waals surface area contributed by atoms with Crippen LogP contribution in [0.15, 0.2) is 6.07 Å². The number of carbonyl (C=O) groups is 1. The van der Waals surface area contributed by atoms with Crippen molar-refractivity contribution in [3.05, 3.63) is 21.4 Å². The summed E-state index contributed by atoms with van der Waals surface area (Å²) in [5.41, 5.74) is 1.41. The molecular formula is C14H19NO2S. The quantitative estimate of drug-likeness (QED) is 0.780. The standard InChI is InChI=1S/C14H19NO2S/c1-10-2-3-12-11(8-10)9-13(18-12)14(16)15-4-6-17-7-5-15/h9-10H,2-8H2,1H3/t10-/m0/s1. The van der Waals surface area contributed by atoms with Crippen molar-refractivity contribution in [2.24, 2.45) is 5.92 Å². The van der Waals surface area contributed by atoms with Gasteiger partial charge in [-0.1, -0.05) is 6.92 Å². The summed E-state index contributed by atoms with van der Waals surface area (Å²) in [5.74, 6) is 0.962. The summed E-state index contributed by atoms with van der Waals surface area (Å²) < 4.78 is 5.29. The number of morpholine rings is 1. The van der Waals surface area contributed by atoms with Gasteiger partial charge in [-0.3, -0.25) is 4.79 Å². The lowest BCUT2D eigenvalue weighted by atomic mass is 9.90. The number of hydrogen-bond donors (Lipinski definition) is 0. The van der Waals surface area contributed by atoms with Crippen molar-refractivity contribution >= 4 is 17.2 Å². The van der Waals surface area contributed by atoms with E-state index in [2.05, 4.69) is 13.0 Å². The van der Waals surface area contributed by atoms with Crippen molar-refractivity contribution in [3.63, 3.8) is 0 Å². The molecule has 0 unspecified atom stereocenters. The number of rotatable bonds is 1. The van der Waals surface area contributed by atoms with Gasteiger partial charge in [-0.25, -0.2) is 0 Å². The molecule has 0 aromatic carbocycles. The van der Waals surface area contributed by atoms with Crippen LogP contribution < -0.4 is 0 Å². The van der Waals surface area contributed by atoms with Crippen molar-refractivity contribution in [1.29, 1.82) is 0 Å². The average Bonchev–Trinajstić information content (AvgIpc) is 2.81. The predicted molar refractivity (Wildman–Crippen MR) is 72.2 cm³/mol.